The van der Waals surface area contributed by atoms with Crippen LogP contribution in [0.4, 0.5) is 0 Å². The van der Waals surface area contributed by atoms with E-state index < -0.39 is 0 Å². The molecule has 26 heavy (non-hydrogen) atoms. The van der Waals surface area contributed by atoms with E-state index in [1.807, 2.05) is 18.2 Å². The number of para-hydroxylation sites is 1. The summed E-state index contributed by atoms with van der Waals surface area (Å²) >= 11 is 0. The van der Waals surface area contributed by atoms with Gasteiger partial charge in [0, 0.05) is 37.1 Å². The summed E-state index contributed by atoms with van der Waals surface area (Å²) in [6.45, 7) is 11.4. The highest BCUT2D eigenvalue weighted by Crippen LogP contribution is 2.25. The predicted octanol–water partition coefficient (Wildman–Crippen LogP) is 2.52. The van der Waals surface area contributed by atoms with Crippen molar-refractivity contribution in [2.75, 3.05) is 45.9 Å². The standard InChI is InChI=1S/C20H30N4O2/c1-3-21-20(22-9-6-10-24-11-13-25-14-12-24)23-15-19-16(2)17-7-4-5-8-18(17)26-19/h4-5,7-8H,3,6,9-15H2,1-2H3,(H2,21,22,23). The molecule has 0 aliphatic carbocycles. The molecule has 6 heteroatoms. The predicted molar refractivity (Wildman–Crippen MR) is 106 cm³/mol. The zero-order valence-electron chi connectivity index (χ0n) is 15.9. The monoisotopic (exact) mass is 358 g/mol. The molecule has 2 heterocycles. The van der Waals surface area contributed by atoms with E-state index in [2.05, 4.69) is 35.4 Å². The van der Waals surface area contributed by atoms with Gasteiger partial charge in [-0.05, 0) is 32.9 Å². The van der Waals surface area contributed by atoms with Crippen LogP contribution >= 0.6 is 0 Å². The average Bonchev–Trinajstić information content (AvgIpc) is 3.00. The van der Waals surface area contributed by atoms with E-state index in [4.69, 9.17) is 14.1 Å². The Balaban J connectivity index is 1.51. The Kier molecular flexibility index (Phi) is 6.91. The second-order valence-corrected chi connectivity index (χ2v) is 6.58. The van der Waals surface area contributed by atoms with Gasteiger partial charge in [-0.2, -0.15) is 0 Å². The SMILES string of the molecule is CCNC(=NCc1oc2ccccc2c1C)NCCCN1CCOCC1. The van der Waals surface area contributed by atoms with Gasteiger partial charge in [-0.25, -0.2) is 4.99 Å². The highest BCUT2D eigenvalue weighted by molar-refractivity contribution is 5.82. The van der Waals surface area contributed by atoms with E-state index in [0.717, 1.165) is 69.7 Å². The molecule has 0 spiro atoms. The van der Waals surface area contributed by atoms with E-state index in [-0.39, 0.29) is 0 Å². The summed E-state index contributed by atoms with van der Waals surface area (Å²) in [5, 5.41) is 7.90. The number of nitrogens with one attached hydrogen (secondary N) is 2. The van der Waals surface area contributed by atoms with Crippen molar-refractivity contribution >= 4 is 16.9 Å². The molecule has 1 aliphatic heterocycles. The summed E-state index contributed by atoms with van der Waals surface area (Å²) in [4.78, 5) is 7.14. The van der Waals surface area contributed by atoms with Crippen LogP contribution in [-0.2, 0) is 11.3 Å². The van der Waals surface area contributed by atoms with E-state index in [9.17, 15) is 0 Å². The van der Waals surface area contributed by atoms with Crippen molar-refractivity contribution in [2.45, 2.75) is 26.8 Å². The summed E-state index contributed by atoms with van der Waals surface area (Å²) in [6, 6.07) is 8.14. The third-order valence-corrected chi connectivity index (χ3v) is 4.71. The van der Waals surface area contributed by atoms with Gasteiger partial charge in [0.2, 0.25) is 0 Å². The Morgan fingerprint density at radius 1 is 1.19 bits per heavy atom. The molecule has 1 aromatic carbocycles. The first-order chi connectivity index (χ1) is 12.8. The van der Waals surface area contributed by atoms with E-state index in [1.54, 1.807) is 0 Å². The second kappa shape index (κ2) is 9.59. The minimum Gasteiger partial charge on any atom is -0.459 e. The van der Waals surface area contributed by atoms with Crippen LogP contribution < -0.4 is 10.6 Å². The minimum absolute atomic E-state index is 0.541. The molecule has 1 fully saturated rings. The highest BCUT2D eigenvalue weighted by Gasteiger charge is 2.11. The van der Waals surface area contributed by atoms with Gasteiger partial charge in [0.15, 0.2) is 5.96 Å². The summed E-state index contributed by atoms with van der Waals surface area (Å²) in [7, 11) is 0. The lowest BCUT2D eigenvalue weighted by Gasteiger charge is -2.26. The van der Waals surface area contributed by atoms with Crippen molar-refractivity contribution < 1.29 is 9.15 Å². The molecular weight excluding hydrogens is 328 g/mol. The molecule has 0 radical (unpaired) electrons. The molecule has 2 aromatic rings. The van der Waals surface area contributed by atoms with Crippen molar-refractivity contribution in [2.24, 2.45) is 4.99 Å². The number of guanidine groups is 1. The Morgan fingerprint density at radius 3 is 2.77 bits per heavy atom. The molecule has 3 rings (SSSR count). The molecule has 142 valence electrons. The Labute approximate surface area is 155 Å². The average molecular weight is 358 g/mol. The van der Waals surface area contributed by atoms with Crippen LogP contribution in [0.25, 0.3) is 11.0 Å². The second-order valence-electron chi connectivity index (χ2n) is 6.58. The van der Waals surface area contributed by atoms with Gasteiger partial charge >= 0.3 is 0 Å². The lowest BCUT2D eigenvalue weighted by atomic mass is 10.1. The lowest BCUT2D eigenvalue weighted by Crippen LogP contribution is -2.40. The first-order valence-electron chi connectivity index (χ1n) is 9.57. The number of hydrogen-bond acceptors (Lipinski definition) is 4. The molecule has 2 N–H and O–H groups in total. The van der Waals surface area contributed by atoms with Crippen LogP contribution in [0.2, 0.25) is 0 Å². The molecule has 0 unspecified atom stereocenters. The van der Waals surface area contributed by atoms with E-state index in [1.165, 1.54) is 10.9 Å². The number of nitrogens with zero attached hydrogens (tertiary/aromatic N) is 2. The van der Waals surface area contributed by atoms with Gasteiger partial charge in [0.05, 0.1) is 13.2 Å². The lowest BCUT2D eigenvalue weighted by molar-refractivity contribution is 0.0376. The number of furan rings is 1. The molecule has 6 nitrogen and oxygen atoms in total. The van der Waals surface area contributed by atoms with E-state index >= 15 is 0 Å². The van der Waals surface area contributed by atoms with Crippen molar-refractivity contribution in [1.82, 2.24) is 15.5 Å². The van der Waals surface area contributed by atoms with E-state index in [0.29, 0.717) is 6.54 Å². The quantitative estimate of drug-likeness (QED) is 0.452. The van der Waals surface area contributed by atoms with Crippen molar-refractivity contribution in [3.8, 4) is 0 Å². The fourth-order valence-corrected chi connectivity index (χ4v) is 3.20. The Morgan fingerprint density at radius 2 is 2.00 bits per heavy atom. The molecule has 0 saturated carbocycles. The zero-order valence-corrected chi connectivity index (χ0v) is 15.9. The number of fused-ring (bicyclic) bond motifs is 1. The third-order valence-electron chi connectivity index (χ3n) is 4.71. The van der Waals surface area contributed by atoms with Crippen LogP contribution in [0.15, 0.2) is 33.7 Å². The molecular formula is C20H30N4O2. The van der Waals surface area contributed by atoms with Crippen molar-refractivity contribution in [3.05, 3.63) is 35.6 Å². The fourth-order valence-electron chi connectivity index (χ4n) is 3.20. The molecule has 1 aliphatic rings. The molecule has 1 aromatic heterocycles. The number of morpholine rings is 1. The molecule has 0 atom stereocenters. The van der Waals surface area contributed by atoms with Gasteiger partial charge < -0.3 is 19.8 Å². The van der Waals surface area contributed by atoms with Gasteiger partial charge in [-0.1, -0.05) is 18.2 Å². The van der Waals surface area contributed by atoms with Crippen LogP contribution in [0.5, 0.6) is 0 Å². The topological polar surface area (TPSA) is 62.0 Å². The Hall–Kier alpha value is -2.05. The highest BCUT2D eigenvalue weighted by atomic mass is 16.5. The maximum Gasteiger partial charge on any atom is 0.191 e. The van der Waals surface area contributed by atoms with Crippen LogP contribution in [0.3, 0.4) is 0 Å². The number of rotatable bonds is 7. The minimum atomic E-state index is 0.541. The molecule has 1 saturated heterocycles. The van der Waals surface area contributed by atoms with Crippen LogP contribution in [0, 0.1) is 6.92 Å². The summed E-state index contributed by atoms with van der Waals surface area (Å²) in [5.41, 5.74) is 2.10. The third kappa shape index (κ3) is 4.99. The van der Waals surface area contributed by atoms with Crippen molar-refractivity contribution in [3.63, 3.8) is 0 Å². The summed E-state index contributed by atoms with van der Waals surface area (Å²) < 4.78 is 11.3. The van der Waals surface area contributed by atoms with Crippen LogP contribution in [0.1, 0.15) is 24.7 Å². The largest absolute Gasteiger partial charge is 0.459 e. The first kappa shape index (κ1) is 18.7. The van der Waals surface area contributed by atoms with Gasteiger partial charge in [0.25, 0.3) is 0 Å². The van der Waals surface area contributed by atoms with Gasteiger partial charge in [-0.15, -0.1) is 0 Å². The number of ether oxygens (including phenoxy) is 1. The van der Waals surface area contributed by atoms with Gasteiger partial charge in [0.1, 0.15) is 17.9 Å². The molecule has 0 bridgehead atoms. The maximum absolute atomic E-state index is 5.95. The number of aryl methyl sites for hydroxylation is 1. The maximum atomic E-state index is 5.95. The molecule has 0 amide bonds. The van der Waals surface area contributed by atoms with Crippen molar-refractivity contribution in [1.29, 1.82) is 0 Å². The zero-order chi connectivity index (χ0) is 18.2. The number of aliphatic imine (C=N–C) groups is 1. The van der Waals surface area contributed by atoms with Gasteiger partial charge in [-0.3, -0.25) is 4.90 Å². The van der Waals surface area contributed by atoms with Crippen LogP contribution in [-0.4, -0.2) is 56.8 Å². The Bertz CT molecular complexity index is 720. The summed E-state index contributed by atoms with van der Waals surface area (Å²) in [6.07, 6.45) is 1.09. The fraction of sp³-hybridized carbons (Fsp3) is 0.550. The normalized spacial score (nSPS) is 16.2. The summed E-state index contributed by atoms with van der Waals surface area (Å²) in [5.74, 6) is 1.77. The number of benzene rings is 1. The first-order valence-corrected chi connectivity index (χ1v) is 9.57. The number of hydrogen-bond donors (Lipinski definition) is 2. The smallest absolute Gasteiger partial charge is 0.191 e.